The van der Waals surface area contributed by atoms with Crippen molar-refractivity contribution in [2.75, 3.05) is 0 Å². The Morgan fingerprint density at radius 2 is 1.72 bits per heavy atom. The average molecular weight is 363 g/mol. The van der Waals surface area contributed by atoms with Crippen LogP contribution in [0.4, 0.5) is 0 Å². The summed E-state index contributed by atoms with van der Waals surface area (Å²) in [5.41, 5.74) is 1.23. The molecule has 8 nitrogen and oxygen atoms in total. The Bertz CT molecular complexity index is 1060. The zero-order valence-electron chi connectivity index (χ0n) is 12.6. The van der Waals surface area contributed by atoms with Crippen LogP contribution in [0.1, 0.15) is 11.3 Å². The second kappa shape index (κ2) is 6.11. The molecule has 0 aliphatic carbocycles. The standard InChI is InChI=1S/C16H13NO7S/c18-13-2-1-9(6-14(13)19)5-12-11-8-15(20)16(24-25(21,22)23)7-10(11)3-4-17-12/h1-4,6-8,18-20H,5H2,(H,21,22,23). The minimum absolute atomic E-state index is 0.237. The van der Waals surface area contributed by atoms with Crippen molar-refractivity contribution in [1.29, 1.82) is 0 Å². The van der Waals surface area contributed by atoms with Crippen LogP contribution in [0.5, 0.6) is 23.0 Å². The first-order valence-corrected chi connectivity index (χ1v) is 8.38. The minimum atomic E-state index is -4.76. The molecule has 0 bridgehead atoms. The van der Waals surface area contributed by atoms with E-state index in [9.17, 15) is 23.7 Å². The van der Waals surface area contributed by atoms with E-state index in [0.717, 1.165) is 0 Å². The normalized spacial score (nSPS) is 11.6. The third kappa shape index (κ3) is 3.73. The molecular weight excluding hydrogens is 350 g/mol. The summed E-state index contributed by atoms with van der Waals surface area (Å²) in [6.45, 7) is 0. The Kier molecular flexibility index (Phi) is 4.11. The van der Waals surface area contributed by atoms with Gasteiger partial charge in [-0.05, 0) is 41.3 Å². The van der Waals surface area contributed by atoms with Crippen LogP contribution in [0, 0.1) is 0 Å². The zero-order valence-corrected chi connectivity index (χ0v) is 13.4. The van der Waals surface area contributed by atoms with Gasteiger partial charge < -0.3 is 19.5 Å². The van der Waals surface area contributed by atoms with Crippen molar-refractivity contribution in [3.05, 3.63) is 53.9 Å². The van der Waals surface area contributed by atoms with Crippen LogP contribution in [0.2, 0.25) is 0 Å². The lowest BCUT2D eigenvalue weighted by Gasteiger charge is -2.10. The Morgan fingerprint density at radius 3 is 2.40 bits per heavy atom. The number of benzene rings is 2. The highest BCUT2D eigenvalue weighted by molar-refractivity contribution is 7.81. The van der Waals surface area contributed by atoms with Crippen molar-refractivity contribution < 1.29 is 32.5 Å². The molecule has 3 aromatic rings. The molecule has 25 heavy (non-hydrogen) atoms. The second-order valence-corrected chi connectivity index (χ2v) is 6.33. The SMILES string of the molecule is O=S(=O)(O)Oc1cc2ccnc(Cc3ccc(O)c(O)c3)c2cc1O. The highest BCUT2D eigenvalue weighted by Gasteiger charge is 2.15. The molecule has 9 heteroatoms. The van der Waals surface area contributed by atoms with Gasteiger partial charge in [-0.3, -0.25) is 9.54 Å². The molecule has 0 saturated carbocycles. The lowest BCUT2D eigenvalue weighted by atomic mass is 10.0. The van der Waals surface area contributed by atoms with E-state index >= 15 is 0 Å². The van der Waals surface area contributed by atoms with Gasteiger partial charge in [0.25, 0.3) is 0 Å². The van der Waals surface area contributed by atoms with E-state index in [2.05, 4.69) is 9.17 Å². The van der Waals surface area contributed by atoms with E-state index in [-0.39, 0.29) is 11.5 Å². The van der Waals surface area contributed by atoms with Crippen LogP contribution in [0.15, 0.2) is 42.6 Å². The lowest BCUT2D eigenvalue weighted by Crippen LogP contribution is -2.06. The van der Waals surface area contributed by atoms with Crippen LogP contribution >= 0.6 is 0 Å². The van der Waals surface area contributed by atoms with E-state index in [1.807, 2.05) is 0 Å². The summed E-state index contributed by atoms with van der Waals surface area (Å²) < 4.78 is 34.7. The molecule has 0 atom stereocenters. The molecule has 0 aliphatic heterocycles. The van der Waals surface area contributed by atoms with Crippen molar-refractivity contribution in [3.8, 4) is 23.0 Å². The Balaban J connectivity index is 2.04. The molecule has 0 amide bonds. The molecule has 2 aromatic carbocycles. The molecule has 0 fully saturated rings. The van der Waals surface area contributed by atoms with Gasteiger partial charge in [0.05, 0.1) is 5.69 Å². The summed E-state index contributed by atoms with van der Waals surface area (Å²) in [5, 5.41) is 29.9. The molecule has 0 aliphatic rings. The Hall–Kier alpha value is -3.04. The third-order valence-electron chi connectivity index (χ3n) is 3.53. The van der Waals surface area contributed by atoms with Gasteiger partial charge in [-0.2, -0.15) is 8.42 Å². The van der Waals surface area contributed by atoms with Gasteiger partial charge >= 0.3 is 10.4 Å². The molecule has 1 aromatic heterocycles. The zero-order chi connectivity index (χ0) is 18.2. The van der Waals surface area contributed by atoms with Gasteiger partial charge in [0, 0.05) is 18.0 Å². The van der Waals surface area contributed by atoms with Crippen LogP contribution < -0.4 is 4.18 Å². The molecule has 0 spiro atoms. The van der Waals surface area contributed by atoms with E-state index in [4.69, 9.17) is 4.55 Å². The number of pyridine rings is 1. The van der Waals surface area contributed by atoms with Crippen molar-refractivity contribution in [2.24, 2.45) is 0 Å². The first kappa shape index (κ1) is 16.8. The quantitative estimate of drug-likeness (QED) is 0.409. The summed E-state index contributed by atoms with van der Waals surface area (Å²) in [6, 6.07) is 8.49. The molecule has 130 valence electrons. The van der Waals surface area contributed by atoms with E-state index < -0.39 is 21.9 Å². The van der Waals surface area contributed by atoms with Crippen LogP contribution in [-0.2, 0) is 16.8 Å². The largest absolute Gasteiger partial charge is 0.504 e. The monoisotopic (exact) mass is 363 g/mol. The molecule has 0 radical (unpaired) electrons. The van der Waals surface area contributed by atoms with Crippen molar-refractivity contribution in [1.82, 2.24) is 4.98 Å². The predicted molar refractivity (Wildman–Crippen MR) is 88.2 cm³/mol. The van der Waals surface area contributed by atoms with Crippen LogP contribution in [-0.4, -0.2) is 33.3 Å². The third-order valence-corrected chi connectivity index (χ3v) is 3.92. The summed E-state index contributed by atoms with van der Waals surface area (Å²) in [5.74, 6) is -1.38. The molecular formula is C16H13NO7S. The Morgan fingerprint density at radius 1 is 0.960 bits per heavy atom. The number of phenols is 3. The smallest absolute Gasteiger partial charge is 0.446 e. The van der Waals surface area contributed by atoms with E-state index in [1.165, 1.54) is 30.5 Å². The maximum absolute atomic E-state index is 10.8. The number of hydrogen-bond acceptors (Lipinski definition) is 7. The van der Waals surface area contributed by atoms with Crippen LogP contribution in [0.3, 0.4) is 0 Å². The number of aromatic hydroxyl groups is 3. The van der Waals surface area contributed by atoms with E-state index in [1.54, 1.807) is 12.1 Å². The van der Waals surface area contributed by atoms with Crippen molar-refractivity contribution in [2.45, 2.75) is 6.42 Å². The predicted octanol–water partition coefficient (Wildman–Crippen LogP) is 2.12. The van der Waals surface area contributed by atoms with Gasteiger partial charge in [-0.1, -0.05) is 6.07 Å². The fraction of sp³-hybridized carbons (Fsp3) is 0.0625. The summed E-state index contributed by atoms with van der Waals surface area (Å²) >= 11 is 0. The number of phenolic OH excluding ortho intramolecular Hbond substituents is 3. The average Bonchev–Trinajstić information content (AvgIpc) is 2.51. The maximum atomic E-state index is 10.8. The first-order chi connectivity index (χ1) is 11.7. The molecule has 4 N–H and O–H groups in total. The summed E-state index contributed by atoms with van der Waals surface area (Å²) in [6.07, 6.45) is 1.79. The topological polar surface area (TPSA) is 137 Å². The van der Waals surface area contributed by atoms with Crippen molar-refractivity contribution in [3.63, 3.8) is 0 Å². The minimum Gasteiger partial charge on any atom is -0.504 e. The second-order valence-electron chi connectivity index (χ2n) is 5.31. The van der Waals surface area contributed by atoms with Gasteiger partial charge in [0.2, 0.25) is 0 Å². The number of nitrogens with zero attached hydrogens (tertiary/aromatic N) is 1. The number of aromatic nitrogens is 1. The van der Waals surface area contributed by atoms with Gasteiger partial charge in [0.1, 0.15) is 0 Å². The number of rotatable bonds is 4. The van der Waals surface area contributed by atoms with Gasteiger partial charge in [0.15, 0.2) is 23.0 Å². The number of hydrogen-bond donors (Lipinski definition) is 4. The highest BCUT2D eigenvalue weighted by Crippen LogP contribution is 2.34. The first-order valence-electron chi connectivity index (χ1n) is 7.01. The Labute approximate surface area is 142 Å². The maximum Gasteiger partial charge on any atom is 0.446 e. The summed E-state index contributed by atoms with van der Waals surface area (Å²) in [4.78, 5) is 4.24. The van der Waals surface area contributed by atoms with E-state index in [0.29, 0.717) is 28.5 Å². The summed E-state index contributed by atoms with van der Waals surface area (Å²) in [7, 11) is -4.76. The van der Waals surface area contributed by atoms with Crippen molar-refractivity contribution >= 4 is 21.2 Å². The highest BCUT2D eigenvalue weighted by atomic mass is 32.3. The molecule has 1 heterocycles. The lowest BCUT2D eigenvalue weighted by molar-refractivity contribution is 0.371. The fourth-order valence-corrected chi connectivity index (χ4v) is 2.80. The van der Waals surface area contributed by atoms with Gasteiger partial charge in [-0.25, -0.2) is 0 Å². The van der Waals surface area contributed by atoms with Crippen LogP contribution in [0.25, 0.3) is 10.8 Å². The fourth-order valence-electron chi connectivity index (χ4n) is 2.44. The molecule has 0 unspecified atom stereocenters. The number of fused-ring (bicyclic) bond motifs is 1. The molecule has 0 saturated heterocycles. The molecule has 3 rings (SSSR count). The van der Waals surface area contributed by atoms with Gasteiger partial charge in [-0.15, -0.1) is 0 Å².